The van der Waals surface area contributed by atoms with Gasteiger partial charge in [-0.15, -0.1) is 0 Å². The minimum absolute atomic E-state index is 0.00389. The third kappa shape index (κ3) is 2.81. The monoisotopic (exact) mass is 286 g/mol. The molecule has 1 aliphatic rings. The molecule has 4 heteroatoms. The van der Waals surface area contributed by atoms with Gasteiger partial charge < -0.3 is 19.3 Å². The summed E-state index contributed by atoms with van der Waals surface area (Å²) in [6.45, 7) is 0.326. The fourth-order valence-corrected chi connectivity index (χ4v) is 2.59. The summed E-state index contributed by atoms with van der Waals surface area (Å²) >= 11 is 0. The van der Waals surface area contributed by atoms with E-state index >= 15 is 0 Å². The first kappa shape index (κ1) is 13.8. The maximum absolute atomic E-state index is 9.74. The highest BCUT2D eigenvalue weighted by atomic mass is 16.7. The van der Waals surface area contributed by atoms with Gasteiger partial charge in [-0.2, -0.15) is 0 Å². The van der Waals surface area contributed by atoms with Crippen molar-refractivity contribution >= 4 is 0 Å². The zero-order valence-corrected chi connectivity index (χ0v) is 11.9. The van der Waals surface area contributed by atoms with E-state index in [1.165, 1.54) is 0 Å². The van der Waals surface area contributed by atoms with Crippen LogP contribution >= 0.6 is 0 Å². The van der Waals surface area contributed by atoms with Gasteiger partial charge in [-0.3, -0.25) is 0 Å². The fourth-order valence-electron chi connectivity index (χ4n) is 2.59. The molecule has 0 amide bonds. The lowest BCUT2D eigenvalue weighted by molar-refractivity contribution is 0.174. The molecule has 1 heterocycles. The Bertz CT molecular complexity index is 624. The third-order valence-electron chi connectivity index (χ3n) is 3.75. The minimum Gasteiger partial charge on any atom is -0.496 e. The Morgan fingerprint density at radius 2 is 1.95 bits per heavy atom. The highest BCUT2D eigenvalue weighted by Crippen LogP contribution is 2.36. The normalized spacial score (nSPS) is 14.0. The van der Waals surface area contributed by atoms with E-state index in [-0.39, 0.29) is 19.3 Å². The van der Waals surface area contributed by atoms with Crippen LogP contribution in [0.5, 0.6) is 17.2 Å². The molecule has 0 spiro atoms. The molecule has 0 aliphatic carbocycles. The maximum atomic E-state index is 9.74. The third-order valence-corrected chi connectivity index (χ3v) is 3.75. The quantitative estimate of drug-likeness (QED) is 0.918. The van der Waals surface area contributed by atoms with Gasteiger partial charge in [0.1, 0.15) is 5.75 Å². The first-order chi connectivity index (χ1) is 10.3. The molecule has 1 unspecified atom stereocenters. The van der Waals surface area contributed by atoms with Crippen LogP contribution in [-0.4, -0.2) is 25.6 Å². The number of aliphatic hydroxyl groups excluding tert-OH is 1. The molecule has 4 nitrogen and oxygen atoms in total. The topological polar surface area (TPSA) is 47.9 Å². The van der Waals surface area contributed by atoms with E-state index in [0.29, 0.717) is 6.42 Å². The Morgan fingerprint density at radius 1 is 1.14 bits per heavy atom. The van der Waals surface area contributed by atoms with E-state index in [4.69, 9.17) is 14.2 Å². The van der Waals surface area contributed by atoms with Crippen LogP contribution in [0.4, 0.5) is 0 Å². The lowest BCUT2D eigenvalue weighted by atomic mass is 9.92. The van der Waals surface area contributed by atoms with Gasteiger partial charge >= 0.3 is 0 Å². The van der Waals surface area contributed by atoms with Crippen molar-refractivity contribution in [3.05, 3.63) is 53.6 Å². The van der Waals surface area contributed by atoms with Gasteiger partial charge in [0.15, 0.2) is 11.5 Å². The predicted octanol–water partition coefficient (Wildman–Crippen LogP) is 2.74. The Kier molecular flexibility index (Phi) is 3.97. The second-order valence-corrected chi connectivity index (χ2v) is 5.01. The molecule has 1 atom stereocenters. The molecule has 0 aromatic heterocycles. The first-order valence-electron chi connectivity index (χ1n) is 6.94. The standard InChI is InChI=1S/C17H18O4/c1-19-15-5-3-2-4-13(15)8-14(10-18)12-6-7-16-17(9-12)21-11-20-16/h2-7,9,14,18H,8,10-11H2,1H3. The van der Waals surface area contributed by atoms with Gasteiger partial charge in [0.25, 0.3) is 0 Å². The van der Waals surface area contributed by atoms with Crippen molar-refractivity contribution in [1.29, 1.82) is 0 Å². The van der Waals surface area contributed by atoms with E-state index in [2.05, 4.69) is 0 Å². The lowest BCUT2D eigenvalue weighted by Gasteiger charge is -2.17. The number of methoxy groups -OCH3 is 1. The van der Waals surface area contributed by atoms with Crippen molar-refractivity contribution in [2.75, 3.05) is 20.5 Å². The molecule has 2 aromatic carbocycles. The molecule has 1 aliphatic heterocycles. The molecule has 0 radical (unpaired) electrons. The van der Waals surface area contributed by atoms with Gasteiger partial charge in [0.05, 0.1) is 13.7 Å². The van der Waals surface area contributed by atoms with E-state index in [1.54, 1.807) is 7.11 Å². The second kappa shape index (κ2) is 6.06. The Morgan fingerprint density at radius 3 is 2.76 bits per heavy atom. The number of ether oxygens (including phenoxy) is 3. The maximum Gasteiger partial charge on any atom is 0.231 e. The van der Waals surface area contributed by atoms with Crippen LogP contribution in [0, 0.1) is 0 Å². The number of hydrogen-bond acceptors (Lipinski definition) is 4. The van der Waals surface area contributed by atoms with E-state index in [0.717, 1.165) is 28.4 Å². The predicted molar refractivity (Wildman–Crippen MR) is 79.1 cm³/mol. The summed E-state index contributed by atoms with van der Waals surface area (Å²) in [5, 5.41) is 9.74. The Balaban J connectivity index is 1.85. The second-order valence-electron chi connectivity index (χ2n) is 5.01. The molecule has 3 rings (SSSR count). The van der Waals surface area contributed by atoms with Crippen LogP contribution in [-0.2, 0) is 6.42 Å². The Labute approximate surface area is 123 Å². The zero-order valence-electron chi connectivity index (χ0n) is 11.9. The Hall–Kier alpha value is -2.20. The largest absolute Gasteiger partial charge is 0.496 e. The average Bonchev–Trinajstić information content (AvgIpc) is 3.00. The summed E-state index contributed by atoms with van der Waals surface area (Å²) < 4.78 is 16.1. The fraction of sp³-hybridized carbons (Fsp3) is 0.294. The summed E-state index contributed by atoms with van der Waals surface area (Å²) in [6, 6.07) is 13.7. The van der Waals surface area contributed by atoms with Gasteiger partial charge in [-0.1, -0.05) is 24.3 Å². The molecule has 21 heavy (non-hydrogen) atoms. The number of aliphatic hydroxyl groups is 1. The van der Waals surface area contributed by atoms with Crippen molar-refractivity contribution in [3.63, 3.8) is 0 Å². The van der Waals surface area contributed by atoms with Crippen LogP contribution in [0.25, 0.3) is 0 Å². The highest BCUT2D eigenvalue weighted by molar-refractivity contribution is 5.46. The van der Waals surface area contributed by atoms with Crippen LogP contribution in [0.1, 0.15) is 17.0 Å². The van der Waals surface area contributed by atoms with Gasteiger partial charge in [0.2, 0.25) is 6.79 Å². The number of rotatable bonds is 5. The van der Waals surface area contributed by atoms with Crippen LogP contribution in [0.15, 0.2) is 42.5 Å². The van der Waals surface area contributed by atoms with Crippen LogP contribution in [0.3, 0.4) is 0 Å². The average molecular weight is 286 g/mol. The van der Waals surface area contributed by atoms with Gasteiger partial charge in [0, 0.05) is 5.92 Å². The molecule has 0 saturated carbocycles. The van der Waals surface area contributed by atoms with Crippen molar-refractivity contribution < 1.29 is 19.3 Å². The van der Waals surface area contributed by atoms with Crippen LogP contribution in [0.2, 0.25) is 0 Å². The van der Waals surface area contributed by atoms with Crippen LogP contribution < -0.4 is 14.2 Å². The summed E-state index contributed by atoms with van der Waals surface area (Å²) in [4.78, 5) is 0. The van der Waals surface area contributed by atoms with E-state index in [9.17, 15) is 5.11 Å². The molecular formula is C17H18O4. The van der Waals surface area contributed by atoms with Crippen molar-refractivity contribution in [1.82, 2.24) is 0 Å². The number of para-hydroxylation sites is 1. The molecule has 1 N–H and O–H groups in total. The number of benzene rings is 2. The molecule has 0 saturated heterocycles. The summed E-state index contributed by atoms with van der Waals surface area (Å²) in [5.41, 5.74) is 2.12. The number of fused-ring (bicyclic) bond motifs is 1. The molecule has 0 bridgehead atoms. The first-order valence-corrected chi connectivity index (χ1v) is 6.94. The smallest absolute Gasteiger partial charge is 0.231 e. The van der Waals surface area contributed by atoms with Gasteiger partial charge in [-0.25, -0.2) is 0 Å². The lowest BCUT2D eigenvalue weighted by Crippen LogP contribution is -2.08. The molecule has 110 valence electrons. The summed E-state index contributed by atoms with van der Waals surface area (Å²) in [6.07, 6.45) is 0.708. The zero-order chi connectivity index (χ0) is 14.7. The van der Waals surface area contributed by atoms with Crippen molar-refractivity contribution in [3.8, 4) is 17.2 Å². The highest BCUT2D eigenvalue weighted by Gasteiger charge is 2.19. The van der Waals surface area contributed by atoms with Crippen molar-refractivity contribution in [2.45, 2.75) is 12.3 Å². The SMILES string of the molecule is COc1ccccc1CC(CO)c1ccc2c(c1)OCO2. The summed E-state index contributed by atoms with van der Waals surface area (Å²) in [5.74, 6) is 2.34. The minimum atomic E-state index is -0.00389. The molecule has 0 fully saturated rings. The summed E-state index contributed by atoms with van der Waals surface area (Å²) in [7, 11) is 1.66. The molecular weight excluding hydrogens is 268 g/mol. The van der Waals surface area contributed by atoms with Crippen molar-refractivity contribution in [2.24, 2.45) is 0 Å². The van der Waals surface area contributed by atoms with E-state index < -0.39 is 0 Å². The van der Waals surface area contributed by atoms with Gasteiger partial charge in [-0.05, 0) is 35.7 Å². The van der Waals surface area contributed by atoms with E-state index in [1.807, 2.05) is 42.5 Å². The molecule has 2 aromatic rings. The number of hydrogen-bond donors (Lipinski definition) is 1.